The van der Waals surface area contributed by atoms with Crippen molar-refractivity contribution in [2.45, 2.75) is 46.0 Å². The zero-order chi connectivity index (χ0) is 15.1. The quantitative estimate of drug-likeness (QED) is 0.530. The fraction of sp³-hybridized carbons (Fsp3) is 0.769. The second kappa shape index (κ2) is 7.29. The summed E-state index contributed by atoms with van der Waals surface area (Å²) in [4.78, 5) is 23.7. The molecule has 0 aliphatic rings. The maximum atomic E-state index is 12.1. The summed E-state index contributed by atoms with van der Waals surface area (Å²) in [5.74, 6) is -1.15. The molecule has 0 saturated carbocycles. The lowest BCUT2D eigenvalue weighted by molar-refractivity contribution is -0.157. The molecule has 0 N–H and O–H groups in total. The van der Waals surface area contributed by atoms with E-state index in [0.29, 0.717) is 6.04 Å². The maximum Gasteiger partial charge on any atom is 0.326 e. The number of carbonyl (C=O) groups excluding carboxylic acids is 2. The van der Waals surface area contributed by atoms with Gasteiger partial charge in [-0.1, -0.05) is 19.6 Å². The van der Waals surface area contributed by atoms with E-state index in [1.807, 2.05) is 25.7 Å². The third kappa shape index (κ3) is 5.88. The molecule has 1 atom stereocenters. The van der Waals surface area contributed by atoms with Gasteiger partial charge in [-0.25, -0.2) is 0 Å². The van der Waals surface area contributed by atoms with Gasteiger partial charge in [0.15, 0.2) is 5.41 Å². The van der Waals surface area contributed by atoms with Crippen LogP contribution in [0, 0.1) is 16.7 Å². The molecule has 0 amide bonds. The van der Waals surface area contributed by atoms with Crippen LogP contribution in [0.5, 0.6) is 0 Å². The molecule has 1 unspecified atom stereocenters. The number of esters is 2. The Kier molecular flexibility index (Phi) is 6.77. The Labute approximate surface area is 115 Å². The molecule has 0 aromatic rings. The van der Waals surface area contributed by atoms with Crippen molar-refractivity contribution in [3.05, 3.63) is 0 Å². The summed E-state index contributed by atoms with van der Waals surface area (Å²) in [6.07, 6.45) is -0.236. The third-order valence-electron chi connectivity index (χ3n) is 2.46. The minimum atomic E-state index is -1.73. The van der Waals surface area contributed by atoms with Gasteiger partial charge in [-0.2, -0.15) is 5.26 Å². The van der Waals surface area contributed by atoms with Crippen LogP contribution in [0.1, 0.15) is 20.3 Å². The van der Waals surface area contributed by atoms with E-state index in [-0.39, 0.29) is 19.6 Å². The second-order valence-electron chi connectivity index (χ2n) is 5.63. The molecule has 0 heterocycles. The fourth-order valence-electron chi connectivity index (χ4n) is 1.96. The molecular formula is C13H23NO4Si. The number of hydrogen-bond acceptors (Lipinski definition) is 5. The first-order chi connectivity index (χ1) is 8.70. The molecule has 0 rings (SSSR count). The molecule has 0 aromatic carbocycles. The Morgan fingerprint density at radius 2 is 1.68 bits per heavy atom. The first-order valence-electron chi connectivity index (χ1n) is 6.45. The normalized spacial score (nSPS) is 14.1. The molecule has 6 heteroatoms. The van der Waals surface area contributed by atoms with Gasteiger partial charge in [-0.15, -0.1) is 0 Å². The van der Waals surface area contributed by atoms with Crippen LogP contribution in [0.2, 0.25) is 25.7 Å². The minimum Gasteiger partial charge on any atom is -0.466 e. The predicted octanol–water partition coefficient (Wildman–Crippen LogP) is 2.35. The molecule has 0 fully saturated rings. The number of carbonyl (C=O) groups is 2. The van der Waals surface area contributed by atoms with E-state index in [1.54, 1.807) is 13.8 Å². The van der Waals surface area contributed by atoms with Gasteiger partial charge in [0, 0.05) is 8.07 Å². The first kappa shape index (κ1) is 17.6. The molecule has 0 radical (unpaired) electrons. The van der Waals surface area contributed by atoms with E-state index in [4.69, 9.17) is 9.47 Å². The Hall–Kier alpha value is -1.35. The number of nitriles is 1. The van der Waals surface area contributed by atoms with E-state index in [1.165, 1.54) is 0 Å². The van der Waals surface area contributed by atoms with Crippen LogP contribution in [0.4, 0.5) is 0 Å². The molecule has 5 nitrogen and oxygen atoms in total. The number of nitrogens with zero attached hydrogens (tertiary/aromatic N) is 1. The summed E-state index contributed by atoms with van der Waals surface area (Å²) in [5.41, 5.74) is -1.41. The molecule has 0 saturated heterocycles. The van der Waals surface area contributed by atoms with Crippen LogP contribution in [0.3, 0.4) is 0 Å². The second-order valence-corrected chi connectivity index (χ2v) is 11.1. The SMILES string of the molecule is CCOC(=O)CC(C#N)(C[Si](C)(C)C)C(=O)OCC. The van der Waals surface area contributed by atoms with E-state index < -0.39 is 25.4 Å². The number of hydrogen-bond donors (Lipinski definition) is 0. The monoisotopic (exact) mass is 285 g/mol. The molecule has 0 bridgehead atoms. The van der Waals surface area contributed by atoms with Crippen LogP contribution < -0.4 is 0 Å². The summed E-state index contributed by atoms with van der Waals surface area (Å²) in [7, 11) is -1.73. The third-order valence-corrected chi connectivity index (χ3v) is 4.13. The summed E-state index contributed by atoms with van der Waals surface area (Å²) in [6, 6.07) is 2.39. The van der Waals surface area contributed by atoms with E-state index in [0.717, 1.165) is 0 Å². The van der Waals surface area contributed by atoms with Crippen molar-refractivity contribution in [1.82, 2.24) is 0 Å². The molecular weight excluding hydrogens is 262 g/mol. The Bertz CT molecular complexity index is 370. The topological polar surface area (TPSA) is 76.4 Å². The highest BCUT2D eigenvalue weighted by atomic mass is 28.3. The zero-order valence-electron chi connectivity index (χ0n) is 12.4. The molecule has 0 aliphatic heterocycles. The van der Waals surface area contributed by atoms with Crippen molar-refractivity contribution in [2.75, 3.05) is 13.2 Å². The van der Waals surface area contributed by atoms with Gasteiger partial charge >= 0.3 is 11.9 Å². The summed E-state index contributed by atoms with van der Waals surface area (Å²) in [5, 5.41) is 9.42. The zero-order valence-corrected chi connectivity index (χ0v) is 13.4. The van der Waals surface area contributed by atoms with Gasteiger partial charge in [0.25, 0.3) is 0 Å². The summed E-state index contributed by atoms with van der Waals surface area (Å²) < 4.78 is 9.84. The van der Waals surface area contributed by atoms with Crippen LogP contribution in [0.25, 0.3) is 0 Å². The molecule has 0 spiro atoms. The van der Waals surface area contributed by atoms with Gasteiger partial charge < -0.3 is 9.47 Å². The van der Waals surface area contributed by atoms with Gasteiger partial charge in [0.05, 0.1) is 25.7 Å². The average molecular weight is 285 g/mol. The van der Waals surface area contributed by atoms with Gasteiger partial charge in [-0.05, 0) is 19.9 Å². The molecule has 108 valence electrons. The van der Waals surface area contributed by atoms with Crippen molar-refractivity contribution in [2.24, 2.45) is 5.41 Å². The highest BCUT2D eigenvalue weighted by Gasteiger charge is 2.46. The van der Waals surface area contributed by atoms with Crippen molar-refractivity contribution >= 4 is 20.0 Å². The van der Waals surface area contributed by atoms with Gasteiger partial charge in [-0.3, -0.25) is 9.59 Å². The Balaban J connectivity index is 5.25. The van der Waals surface area contributed by atoms with E-state index >= 15 is 0 Å². The molecule has 19 heavy (non-hydrogen) atoms. The maximum absolute atomic E-state index is 12.1. The average Bonchev–Trinajstić information content (AvgIpc) is 2.26. The van der Waals surface area contributed by atoms with Crippen molar-refractivity contribution in [3.63, 3.8) is 0 Å². The highest BCUT2D eigenvalue weighted by molar-refractivity contribution is 6.76. The minimum absolute atomic E-state index is 0.191. The molecule has 0 aliphatic carbocycles. The lowest BCUT2D eigenvalue weighted by Crippen LogP contribution is -2.41. The fourth-order valence-corrected chi connectivity index (χ4v) is 4.12. The van der Waals surface area contributed by atoms with Crippen molar-refractivity contribution in [1.29, 1.82) is 5.26 Å². The molecule has 0 aromatic heterocycles. The van der Waals surface area contributed by atoms with Crippen molar-refractivity contribution in [3.8, 4) is 6.07 Å². The van der Waals surface area contributed by atoms with Crippen LogP contribution in [0.15, 0.2) is 0 Å². The van der Waals surface area contributed by atoms with Crippen LogP contribution in [-0.4, -0.2) is 33.2 Å². The first-order valence-corrected chi connectivity index (χ1v) is 10.2. The predicted molar refractivity (Wildman–Crippen MR) is 74.1 cm³/mol. The Morgan fingerprint density at radius 3 is 2.05 bits per heavy atom. The smallest absolute Gasteiger partial charge is 0.326 e. The lowest BCUT2D eigenvalue weighted by atomic mass is 9.88. The largest absolute Gasteiger partial charge is 0.466 e. The number of ether oxygens (including phenoxy) is 2. The van der Waals surface area contributed by atoms with E-state index in [2.05, 4.69) is 0 Å². The highest BCUT2D eigenvalue weighted by Crippen LogP contribution is 2.34. The Morgan fingerprint density at radius 1 is 1.16 bits per heavy atom. The van der Waals surface area contributed by atoms with Gasteiger partial charge in [0.2, 0.25) is 0 Å². The summed E-state index contributed by atoms with van der Waals surface area (Å²) in [6.45, 7) is 9.93. The summed E-state index contributed by atoms with van der Waals surface area (Å²) >= 11 is 0. The lowest BCUT2D eigenvalue weighted by Gasteiger charge is -2.29. The van der Waals surface area contributed by atoms with Gasteiger partial charge in [0.1, 0.15) is 0 Å². The van der Waals surface area contributed by atoms with Crippen LogP contribution >= 0.6 is 0 Å². The van der Waals surface area contributed by atoms with E-state index in [9.17, 15) is 14.9 Å². The standard InChI is InChI=1S/C13H23NO4Si/c1-6-17-11(15)8-13(9-14,10-19(3,4)5)12(16)18-7-2/h6-8,10H2,1-5H3. The van der Waals surface area contributed by atoms with Crippen LogP contribution in [-0.2, 0) is 19.1 Å². The van der Waals surface area contributed by atoms with Crippen molar-refractivity contribution < 1.29 is 19.1 Å². The number of rotatable bonds is 7.